The summed E-state index contributed by atoms with van der Waals surface area (Å²) in [6, 6.07) is 0. The summed E-state index contributed by atoms with van der Waals surface area (Å²) in [5.41, 5.74) is 0. The number of carbonyl (C=O) groups is 1. The molecule has 1 saturated carbocycles. The van der Waals surface area contributed by atoms with E-state index in [2.05, 4.69) is 26.0 Å². The van der Waals surface area contributed by atoms with Crippen molar-refractivity contribution in [2.75, 3.05) is 13.7 Å². The van der Waals surface area contributed by atoms with Gasteiger partial charge in [0.15, 0.2) is 12.4 Å². The second-order valence-electron chi connectivity index (χ2n) is 9.84. The first-order chi connectivity index (χ1) is 15.1. The van der Waals surface area contributed by atoms with Crippen molar-refractivity contribution in [2.45, 2.75) is 123 Å². The maximum atomic E-state index is 12.1. The minimum absolute atomic E-state index is 0.242. The van der Waals surface area contributed by atoms with Crippen LogP contribution in [-0.4, -0.2) is 32.1 Å². The molecule has 0 aromatic heterocycles. The predicted molar refractivity (Wildman–Crippen MR) is 127 cm³/mol. The number of methoxy groups -OCH3 is 1. The van der Waals surface area contributed by atoms with Gasteiger partial charge in [0.2, 0.25) is 0 Å². The Hall–Kier alpha value is -0.870. The summed E-state index contributed by atoms with van der Waals surface area (Å²) < 4.78 is 16.5. The van der Waals surface area contributed by atoms with Crippen LogP contribution in [0.15, 0.2) is 12.2 Å². The molecule has 0 bridgehead atoms. The van der Waals surface area contributed by atoms with E-state index in [4.69, 9.17) is 14.2 Å². The van der Waals surface area contributed by atoms with Crippen LogP contribution in [0.3, 0.4) is 0 Å². The van der Waals surface area contributed by atoms with Crippen LogP contribution >= 0.6 is 0 Å². The SMILES string of the molecule is CCCC(C)CCC=C[C@H]1CCC[C@@H]1CCCCCC(OC1CCCCO1)C(=O)OC. The standard InChI is InChI=1S/C27H48O4/c1-4-13-22(2)14-8-9-16-24-18-12-17-23(24)15-6-5-7-19-25(27(28)29-3)31-26-20-10-11-21-30-26/h9,16,22-26H,4-8,10-15,17-21H2,1-3H3/t22?,23-,24-,25?,26?/m0/s1. The Bertz CT molecular complexity index is 497. The molecule has 4 heteroatoms. The molecule has 2 rings (SSSR count). The molecule has 4 nitrogen and oxygen atoms in total. The number of hydrogen-bond donors (Lipinski definition) is 0. The number of hydrogen-bond acceptors (Lipinski definition) is 4. The minimum atomic E-state index is -0.481. The highest BCUT2D eigenvalue weighted by atomic mass is 16.7. The van der Waals surface area contributed by atoms with E-state index < -0.39 is 6.10 Å². The molecule has 2 aliphatic rings. The number of allylic oxidation sites excluding steroid dienone is 2. The zero-order valence-corrected chi connectivity index (χ0v) is 20.5. The Kier molecular flexibility index (Phi) is 13.5. The molecule has 2 fully saturated rings. The van der Waals surface area contributed by atoms with E-state index in [1.165, 1.54) is 64.9 Å². The van der Waals surface area contributed by atoms with E-state index in [9.17, 15) is 4.79 Å². The molecule has 1 heterocycles. The molecule has 1 aliphatic carbocycles. The van der Waals surface area contributed by atoms with E-state index in [0.29, 0.717) is 0 Å². The van der Waals surface area contributed by atoms with Gasteiger partial charge in [-0.1, -0.05) is 64.5 Å². The Morgan fingerprint density at radius 1 is 1.06 bits per heavy atom. The normalized spacial score (nSPS) is 26.2. The molecule has 0 N–H and O–H groups in total. The lowest BCUT2D eigenvalue weighted by Crippen LogP contribution is -2.33. The van der Waals surface area contributed by atoms with Gasteiger partial charge in [-0.05, 0) is 75.5 Å². The second kappa shape index (κ2) is 15.9. The Labute approximate surface area is 191 Å². The summed E-state index contributed by atoms with van der Waals surface area (Å²) in [5, 5.41) is 0. The fourth-order valence-electron chi connectivity index (χ4n) is 5.25. The molecule has 1 saturated heterocycles. The molecule has 5 atom stereocenters. The van der Waals surface area contributed by atoms with E-state index in [1.807, 2.05) is 0 Å². The van der Waals surface area contributed by atoms with Crippen molar-refractivity contribution in [3.63, 3.8) is 0 Å². The number of ether oxygens (including phenoxy) is 3. The molecular weight excluding hydrogens is 388 g/mol. The van der Waals surface area contributed by atoms with Gasteiger partial charge >= 0.3 is 5.97 Å². The maximum absolute atomic E-state index is 12.1. The van der Waals surface area contributed by atoms with Gasteiger partial charge in [-0.15, -0.1) is 0 Å². The predicted octanol–water partition coefficient (Wildman–Crippen LogP) is 7.21. The molecule has 3 unspecified atom stereocenters. The monoisotopic (exact) mass is 436 g/mol. The zero-order valence-electron chi connectivity index (χ0n) is 20.5. The average Bonchev–Trinajstić information content (AvgIpc) is 3.23. The quantitative estimate of drug-likeness (QED) is 0.154. The van der Waals surface area contributed by atoms with E-state index >= 15 is 0 Å². The summed E-state index contributed by atoms with van der Waals surface area (Å²) in [6.45, 7) is 5.39. The third-order valence-corrected chi connectivity index (χ3v) is 7.17. The first-order valence-corrected chi connectivity index (χ1v) is 13.2. The first-order valence-electron chi connectivity index (χ1n) is 13.2. The fourth-order valence-corrected chi connectivity index (χ4v) is 5.25. The number of carbonyl (C=O) groups excluding carboxylic acids is 1. The Morgan fingerprint density at radius 2 is 1.94 bits per heavy atom. The van der Waals surface area contributed by atoms with Gasteiger partial charge < -0.3 is 14.2 Å². The maximum Gasteiger partial charge on any atom is 0.335 e. The van der Waals surface area contributed by atoms with Crippen molar-refractivity contribution < 1.29 is 19.0 Å². The van der Waals surface area contributed by atoms with Crippen LogP contribution in [0.2, 0.25) is 0 Å². The van der Waals surface area contributed by atoms with E-state index in [-0.39, 0.29) is 12.3 Å². The smallest absolute Gasteiger partial charge is 0.335 e. The summed E-state index contributed by atoms with van der Waals surface area (Å²) in [4.78, 5) is 12.1. The van der Waals surface area contributed by atoms with Crippen molar-refractivity contribution in [2.24, 2.45) is 17.8 Å². The number of rotatable bonds is 15. The van der Waals surface area contributed by atoms with Crippen LogP contribution in [0.1, 0.15) is 110 Å². The molecule has 31 heavy (non-hydrogen) atoms. The molecule has 0 amide bonds. The molecule has 1 aliphatic heterocycles. The van der Waals surface area contributed by atoms with Crippen molar-refractivity contribution in [1.82, 2.24) is 0 Å². The van der Waals surface area contributed by atoms with Crippen molar-refractivity contribution in [3.8, 4) is 0 Å². The van der Waals surface area contributed by atoms with Gasteiger partial charge in [-0.3, -0.25) is 0 Å². The molecule has 0 radical (unpaired) electrons. The molecule has 0 spiro atoms. The summed E-state index contributed by atoms with van der Waals surface area (Å²) in [7, 11) is 1.44. The number of esters is 1. The fraction of sp³-hybridized carbons (Fsp3) is 0.889. The summed E-state index contributed by atoms with van der Waals surface area (Å²) >= 11 is 0. The zero-order chi connectivity index (χ0) is 22.3. The van der Waals surface area contributed by atoms with Crippen LogP contribution in [0.4, 0.5) is 0 Å². The van der Waals surface area contributed by atoms with Crippen LogP contribution in [-0.2, 0) is 19.0 Å². The molecule has 0 aromatic carbocycles. The Balaban J connectivity index is 1.62. The first kappa shape index (κ1) is 26.4. The highest BCUT2D eigenvalue weighted by molar-refractivity contribution is 5.74. The summed E-state index contributed by atoms with van der Waals surface area (Å²) in [6.07, 6.45) is 22.1. The number of unbranched alkanes of at least 4 members (excludes halogenated alkanes) is 2. The van der Waals surface area contributed by atoms with E-state index in [1.54, 1.807) is 0 Å². The van der Waals surface area contributed by atoms with Gasteiger partial charge in [-0.2, -0.15) is 0 Å². The lowest BCUT2D eigenvalue weighted by atomic mass is 9.89. The largest absolute Gasteiger partial charge is 0.467 e. The third kappa shape index (κ3) is 10.5. The molecule has 180 valence electrons. The minimum Gasteiger partial charge on any atom is -0.467 e. The van der Waals surface area contributed by atoms with Crippen molar-refractivity contribution >= 4 is 5.97 Å². The van der Waals surface area contributed by atoms with Crippen LogP contribution < -0.4 is 0 Å². The van der Waals surface area contributed by atoms with Crippen LogP contribution in [0.5, 0.6) is 0 Å². The highest BCUT2D eigenvalue weighted by Crippen LogP contribution is 2.36. The Morgan fingerprint density at radius 3 is 2.68 bits per heavy atom. The van der Waals surface area contributed by atoms with Gasteiger partial charge in [0, 0.05) is 6.61 Å². The topological polar surface area (TPSA) is 44.8 Å². The van der Waals surface area contributed by atoms with Crippen LogP contribution in [0.25, 0.3) is 0 Å². The van der Waals surface area contributed by atoms with Gasteiger partial charge in [-0.25, -0.2) is 4.79 Å². The van der Waals surface area contributed by atoms with Crippen molar-refractivity contribution in [1.29, 1.82) is 0 Å². The molecular formula is C27H48O4. The van der Waals surface area contributed by atoms with Crippen molar-refractivity contribution in [3.05, 3.63) is 12.2 Å². The lowest BCUT2D eigenvalue weighted by molar-refractivity contribution is -0.203. The van der Waals surface area contributed by atoms with Crippen LogP contribution in [0, 0.1) is 17.8 Å². The third-order valence-electron chi connectivity index (χ3n) is 7.17. The van der Waals surface area contributed by atoms with Gasteiger partial charge in [0.05, 0.1) is 7.11 Å². The molecule has 0 aromatic rings. The van der Waals surface area contributed by atoms with Gasteiger partial charge in [0.25, 0.3) is 0 Å². The second-order valence-corrected chi connectivity index (χ2v) is 9.84. The average molecular weight is 437 g/mol. The summed E-state index contributed by atoms with van der Waals surface area (Å²) in [5.74, 6) is 2.24. The van der Waals surface area contributed by atoms with Gasteiger partial charge in [0.1, 0.15) is 0 Å². The highest BCUT2D eigenvalue weighted by Gasteiger charge is 2.27. The lowest BCUT2D eigenvalue weighted by Gasteiger charge is -2.26. The van der Waals surface area contributed by atoms with E-state index in [0.717, 1.165) is 62.9 Å².